The number of hydrogen-bond donors (Lipinski definition) is 0. The standard InChI is InChI=1S/C22H44/c1-15(2)13-16(3)11-12-17(4)18(5)19(6)22(9,10)20-14-21(20,7)8/h15-20H,11-14H2,1-10H3. The van der Waals surface area contributed by atoms with E-state index in [9.17, 15) is 0 Å². The molecule has 0 aliphatic heterocycles. The van der Waals surface area contributed by atoms with Crippen LogP contribution in [0.4, 0.5) is 0 Å². The van der Waals surface area contributed by atoms with Crippen molar-refractivity contribution in [3.63, 3.8) is 0 Å². The zero-order valence-electron chi connectivity index (χ0n) is 17.3. The van der Waals surface area contributed by atoms with Gasteiger partial charge in [0.05, 0.1) is 0 Å². The summed E-state index contributed by atoms with van der Waals surface area (Å²) in [6.07, 6.45) is 5.63. The molecule has 1 fully saturated rings. The van der Waals surface area contributed by atoms with E-state index in [1.807, 2.05) is 0 Å². The number of hydrogen-bond acceptors (Lipinski definition) is 0. The van der Waals surface area contributed by atoms with Crippen molar-refractivity contribution in [1.29, 1.82) is 0 Å². The molecule has 22 heavy (non-hydrogen) atoms. The van der Waals surface area contributed by atoms with Crippen molar-refractivity contribution < 1.29 is 0 Å². The van der Waals surface area contributed by atoms with Gasteiger partial charge in [0.2, 0.25) is 0 Å². The molecule has 1 aliphatic carbocycles. The third-order valence-corrected chi connectivity index (χ3v) is 7.26. The van der Waals surface area contributed by atoms with Crippen LogP contribution in [-0.4, -0.2) is 0 Å². The maximum Gasteiger partial charge on any atom is -0.0292 e. The Kier molecular flexibility index (Phi) is 6.62. The molecule has 0 aromatic heterocycles. The van der Waals surface area contributed by atoms with Crippen LogP contribution in [0.25, 0.3) is 0 Å². The fourth-order valence-corrected chi connectivity index (χ4v) is 4.96. The molecule has 0 heterocycles. The lowest BCUT2D eigenvalue weighted by atomic mass is 9.65. The molecule has 0 saturated heterocycles. The van der Waals surface area contributed by atoms with Gasteiger partial charge >= 0.3 is 0 Å². The predicted molar refractivity (Wildman–Crippen MR) is 101 cm³/mol. The van der Waals surface area contributed by atoms with Crippen molar-refractivity contribution in [2.45, 2.75) is 94.9 Å². The van der Waals surface area contributed by atoms with Crippen LogP contribution in [0.3, 0.4) is 0 Å². The van der Waals surface area contributed by atoms with Crippen LogP contribution in [0.2, 0.25) is 0 Å². The van der Waals surface area contributed by atoms with Crippen LogP contribution in [0.5, 0.6) is 0 Å². The normalized spacial score (nSPS) is 26.6. The van der Waals surface area contributed by atoms with Gasteiger partial charge < -0.3 is 0 Å². The van der Waals surface area contributed by atoms with E-state index in [4.69, 9.17) is 0 Å². The third kappa shape index (κ3) is 5.00. The summed E-state index contributed by atoms with van der Waals surface area (Å²) >= 11 is 0. The highest BCUT2D eigenvalue weighted by molar-refractivity contribution is 5.04. The van der Waals surface area contributed by atoms with E-state index >= 15 is 0 Å². The first kappa shape index (κ1) is 20.0. The molecule has 0 radical (unpaired) electrons. The SMILES string of the molecule is CC(C)CC(C)CCC(C)C(C)C(C)C(C)(C)C1CC1(C)C. The first-order valence-electron chi connectivity index (χ1n) is 9.89. The first-order valence-corrected chi connectivity index (χ1v) is 9.89. The zero-order chi connectivity index (χ0) is 17.3. The van der Waals surface area contributed by atoms with Gasteiger partial charge in [-0.3, -0.25) is 0 Å². The molecular weight excluding hydrogens is 264 g/mol. The Hall–Kier alpha value is 0. The molecule has 0 bridgehead atoms. The van der Waals surface area contributed by atoms with Crippen LogP contribution >= 0.6 is 0 Å². The molecule has 0 N–H and O–H groups in total. The molecule has 5 unspecified atom stereocenters. The van der Waals surface area contributed by atoms with Gasteiger partial charge in [0.15, 0.2) is 0 Å². The fourth-order valence-electron chi connectivity index (χ4n) is 4.96. The largest absolute Gasteiger partial charge is 0.0628 e. The van der Waals surface area contributed by atoms with E-state index in [-0.39, 0.29) is 0 Å². The summed E-state index contributed by atoms with van der Waals surface area (Å²) in [4.78, 5) is 0. The van der Waals surface area contributed by atoms with Crippen molar-refractivity contribution >= 4 is 0 Å². The van der Waals surface area contributed by atoms with Crippen molar-refractivity contribution in [3.05, 3.63) is 0 Å². The lowest BCUT2D eigenvalue weighted by Crippen LogP contribution is -2.33. The maximum absolute atomic E-state index is 2.53. The molecular formula is C22H44. The first-order chi connectivity index (χ1) is 9.89. The molecule has 0 aromatic carbocycles. The van der Waals surface area contributed by atoms with Gasteiger partial charge in [-0.1, -0.05) is 82.1 Å². The molecule has 5 atom stereocenters. The predicted octanol–water partition coefficient (Wildman–Crippen LogP) is 7.43. The quantitative estimate of drug-likeness (QED) is 0.415. The molecule has 132 valence electrons. The van der Waals surface area contributed by atoms with E-state index in [2.05, 4.69) is 69.2 Å². The zero-order valence-corrected chi connectivity index (χ0v) is 17.3. The second-order valence-electron chi connectivity index (χ2n) is 10.5. The molecule has 0 spiro atoms. The van der Waals surface area contributed by atoms with Gasteiger partial charge in [0, 0.05) is 0 Å². The van der Waals surface area contributed by atoms with Crippen LogP contribution in [-0.2, 0) is 0 Å². The summed E-state index contributed by atoms with van der Waals surface area (Å²) in [6, 6.07) is 0. The van der Waals surface area contributed by atoms with Gasteiger partial charge in [-0.15, -0.1) is 0 Å². The summed E-state index contributed by atoms with van der Waals surface area (Å²) in [6.45, 7) is 24.6. The van der Waals surface area contributed by atoms with E-state index in [0.29, 0.717) is 10.8 Å². The Balaban J connectivity index is 2.50. The van der Waals surface area contributed by atoms with Crippen LogP contribution < -0.4 is 0 Å². The molecule has 0 nitrogen and oxygen atoms in total. The molecule has 0 aromatic rings. The summed E-state index contributed by atoms with van der Waals surface area (Å²) in [5, 5.41) is 0. The van der Waals surface area contributed by atoms with Crippen molar-refractivity contribution in [3.8, 4) is 0 Å². The molecule has 1 rings (SSSR count). The monoisotopic (exact) mass is 308 g/mol. The van der Waals surface area contributed by atoms with Gasteiger partial charge in [-0.2, -0.15) is 0 Å². The van der Waals surface area contributed by atoms with Crippen molar-refractivity contribution in [2.75, 3.05) is 0 Å². The second kappa shape index (κ2) is 7.27. The maximum atomic E-state index is 2.53. The molecule has 0 amide bonds. The second-order valence-corrected chi connectivity index (χ2v) is 10.5. The topological polar surface area (TPSA) is 0 Å². The smallest absolute Gasteiger partial charge is 0.0292 e. The Morgan fingerprint density at radius 2 is 1.45 bits per heavy atom. The minimum atomic E-state index is 0.487. The lowest BCUT2D eigenvalue weighted by Gasteiger charge is -2.40. The minimum Gasteiger partial charge on any atom is -0.0628 e. The summed E-state index contributed by atoms with van der Waals surface area (Å²) in [5.41, 5.74) is 1.08. The highest BCUT2D eigenvalue weighted by Crippen LogP contribution is 2.63. The summed E-state index contributed by atoms with van der Waals surface area (Å²) < 4.78 is 0. The molecule has 0 heteroatoms. The van der Waals surface area contributed by atoms with Crippen molar-refractivity contribution in [2.24, 2.45) is 46.3 Å². The van der Waals surface area contributed by atoms with E-state index in [1.54, 1.807) is 0 Å². The minimum absolute atomic E-state index is 0.487. The molecule has 1 saturated carbocycles. The Bertz CT molecular complexity index is 336. The highest BCUT2D eigenvalue weighted by Gasteiger charge is 2.56. The third-order valence-electron chi connectivity index (χ3n) is 7.26. The molecule has 1 aliphatic rings. The van der Waals surface area contributed by atoms with Gasteiger partial charge in [0.1, 0.15) is 0 Å². The summed E-state index contributed by atoms with van der Waals surface area (Å²) in [5.74, 6) is 5.15. The summed E-state index contributed by atoms with van der Waals surface area (Å²) in [7, 11) is 0. The van der Waals surface area contributed by atoms with Crippen molar-refractivity contribution in [1.82, 2.24) is 0 Å². The van der Waals surface area contributed by atoms with E-state index in [0.717, 1.165) is 35.5 Å². The van der Waals surface area contributed by atoms with Gasteiger partial charge in [-0.05, 0) is 59.2 Å². The highest BCUT2D eigenvalue weighted by atomic mass is 14.6. The fraction of sp³-hybridized carbons (Fsp3) is 1.00. The van der Waals surface area contributed by atoms with E-state index < -0.39 is 0 Å². The Morgan fingerprint density at radius 3 is 1.86 bits per heavy atom. The Labute approximate surface area is 141 Å². The van der Waals surface area contributed by atoms with E-state index in [1.165, 1.54) is 25.7 Å². The van der Waals surface area contributed by atoms with Gasteiger partial charge in [-0.25, -0.2) is 0 Å². The van der Waals surface area contributed by atoms with Crippen LogP contribution in [0.1, 0.15) is 94.9 Å². The average molecular weight is 309 g/mol. The van der Waals surface area contributed by atoms with Gasteiger partial charge in [0.25, 0.3) is 0 Å². The van der Waals surface area contributed by atoms with Crippen LogP contribution in [0.15, 0.2) is 0 Å². The number of rotatable bonds is 9. The Morgan fingerprint density at radius 1 is 0.955 bits per heavy atom. The van der Waals surface area contributed by atoms with Crippen LogP contribution in [0, 0.1) is 46.3 Å². The average Bonchev–Trinajstić information content (AvgIpc) is 3.03. The lowest BCUT2D eigenvalue weighted by molar-refractivity contribution is 0.0875.